The minimum atomic E-state index is 0.260. The van der Waals surface area contributed by atoms with Crippen LogP contribution < -0.4 is 5.32 Å². The Morgan fingerprint density at radius 3 is 2.81 bits per heavy atom. The van der Waals surface area contributed by atoms with Crippen LogP contribution >= 0.6 is 15.9 Å². The summed E-state index contributed by atoms with van der Waals surface area (Å²) >= 11 is 3.54. The highest BCUT2D eigenvalue weighted by atomic mass is 79.9. The lowest BCUT2D eigenvalue weighted by Gasteiger charge is -2.25. The Morgan fingerprint density at radius 1 is 1.10 bits per heavy atom. The zero-order chi connectivity index (χ0) is 14.5. The van der Waals surface area contributed by atoms with Crippen LogP contribution in [0.15, 0.2) is 53.0 Å². The van der Waals surface area contributed by atoms with E-state index in [1.807, 2.05) is 18.2 Å². The fourth-order valence-electron chi connectivity index (χ4n) is 2.87. The first kappa shape index (κ1) is 14.6. The molecule has 1 unspecified atom stereocenters. The topological polar surface area (TPSA) is 21.3 Å². The van der Waals surface area contributed by atoms with Gasteiger partial charge in [-0.2, -0.15) is 0 Å². The number of benzene rings is 2. The smallest absolute Gasteiger partial charge is 0.0828 e. The summed E-state index contributed by atoms with van der Waals surface area (Å²) in [6, 6.07) is 16.8. The fourth-order valence-corrected chi connectivity index (χ4v) is 3.30. The van der Waals surface area contributed by atoms with Crippen molar-refractivity contribution in [2.24, 2.45) is 0 Å². The van der Waals surface area contributed by atoms with Crippen molar-refractivity contribution in [1.29, 1.82) is 0 Å². The van der Waals surface area contributed by atoms with Crippen LogP contribution in [-0.4, -0.2) is 13.2 Å². The van der Waals surface area contributed by atoms with Crippen LogP contribution in [0.1, 0.15) is 30.1 Å². The molecule has 0 spiro atoms. The van der Waals surface area contributed by atoms with Gasteiger partial charge in [0.15, 0.2) is 0 Å². The van der Waals surface area contributed by atoms with E-state index in [1.165, 1.54) is 24.0 Å². The average molecular weight is 346 g/mol. The number of anilines is 1. The second-order valence-electron chi connectivity index (χ2n) is 5.36. The third kappa shape index (κ3) is 3.66. The van der Waals surface area contributed by atoms with Crippen LogP contribution in [0, 0.1) is 0 Å². The highest BCUT2D eigenvalue weighted by Gasteiger charge is 2.19. The molecule has 1 aliphatic rings. The third-order valence-corrected chi connectivity index (χ3v) is 4.62. The van der Waals surface area contributed by atoms with E-state index in [1.54, 1.807) is 0 Å². The van der Waals surface area contributed by atoms with Crippen molar-refractivity contribution in [2.45, 2.75) is 25.4 Å². The molecule has 0 heterocycles. The first-order chi connectivity index (χ1) is 10.3. The van der Waals surface area contributed by atoms with Crippen LogP contribution in [0.25, 0.3) is 0 Å². The molecule has 0 fully saturated rings. The molecule has 0 bridgehead atoms. The van der Waals surface area contributed by atoms with Gasteiger partial charge in [0.2, 0.25) is 0 Å². The Morgan fingerprint density at radius 2 is 1.90 bits per heavy atom. The minimum absolute atomic E-state index is 0.260. The van der Waals surface area contributed by atoms with E-state index in [0.29, 0.717) is 0 Å². The Labute approximate surface area is 134 Å². The van der Waals surface area contributed by atoms with Crippen LogP contribution in [0.2, 0.25) is 0 Å². The number of para-hydroxylation sites is 1. The van der Waals surface area contributed by atoms with Crippen LogP contribution in [0.3, 0.4) is 0 Å². The van der Waals surface area contributed by atoms with Gasteiger partial charge in [0, 0.05) is 16.7 Å². The first-order valence-electron chi connectivity index (χ1n) is 7.52. The molecular formula is C18H20BrNO. The van der Waals surface area contributed by atoms with Crippen molar-refractivity contribution in [1.82, 2.24) is 0 Å². The Hall–Kier alpha value is -1.32. The number of ether oxygens (including phenoxy) is 1. The van der Waals surface area contributed by atoms with E-state index in [4.69, 9.17) is 4.74 Å². The second-order valence-corrected chi connectivity index (χ2v) is 6.21. The zero-order valence-electron chi connectivity index (χ0n) is 12.0. The summed E-state index contributed by atoms with van der Waals surface area (Å²) in [5.41, 5.74) is 3.95. The highest BCUT2D eigenvalue weighted by Crippen LogP contribution is 2.32. The van der Waals surface area contributed by atoms with Crippen molar-refractivity contribution in [2.75, 3.05) is 18.5 Å². The van der Waals surface area contributed by atoms with Gasteiger partial charge in [0.1, 0.15) is 0 Å². The fraction of sp³-hybridized carbons (Fsp3) is 0.333. The number of hydrogen-bond acceptors (Lipinski definition) is 2. The van der Waals surface area contributed by atoms with Crippen LogP contribution in [0.4, 0.5) is 5.69 Å². The van der Waals surface area contributed by atoms with Gasteiger partial charge in [-0.3, -0.25) is 0 Å². The van der Waals surface area contributed by atoms with Gasteiger partial charge in [-0.1, -0.05) is 36.4 Å². The summed E-state index contributed by atoms with van der Waals surface area (Å²) in [5, 5.41) is 3.40. The molecule has 2 aromatic rings. The molecule has 1 aliphatic carbocycles. The predicted molar refractivity (Wildman–Crippen MR) is 90.7 cm³/mol. The van der Waals surface area contributed by atoms with Crippen LogP contribution in [-0.2, 0) is 11.2 Å². The van der Waals surface area contributed by atoms with Gasteiger partial charge in [-0.15, -0.1) is 0 Å². The lowest BCUT2D eigenvalue weighted by molar-refractivity contribution is 0.0477. The molecular weight excluding hydrogens is 326 g/mol. The first-order valence-corrected chi connectivity index (χ1v) is 8.32. The Bertz CT molecular complexity index is 599. The molecule has 0 saturated carbocycles. The molecule has 1 N–H and O–H groups in total. The quantitative estimate of drug-likeness (QED) is 0.773. The Kier molecular flexibility index (Phi) is 4.94. The van der Waals surface area contributed by atoms with Crippen molar-refractivity contribution in [3.8, 4) is 0 Å². The zero-order valence-corrected chi connectivity index (χ0v) is 13.6. The SMILES string of the molecule is Brc1ccccc1NCCOC1CCCc2ccccc21. The second kappa shape index (κ2) is 7.10. The van der Waals surface area contributed by atoms with E-state index in [9.17, 15) is 0 Å². The molecule has 2 nitrogen and oxygen atoms in total. The normalized spacial score (nSPS) is 17.3. The summed E-state index contributed by atoms with van der Waals surface area (Å²) in [7, 11) is 0. The third-order valence-electron chi connectivity index (χ3n) is 3.92. The molecule has 3 heteroatoms. The van der Waals surface area contributed by atoms with Gasteiger partial charge < -0.3 is 10.1 Å². The summed E-state index contributed by atoms with van der Waals surface area (Å²) in [5.74, 6) is 0. The van der Waals surface area contributed by atoms with Gasteiger partial charge in [0.05, 0.1) is 12.7 Å². The average Bonchev–Trinajstić information content (AvgIpc) is 2.53. The van der Waals surface area contributed by atoms with Crippen molar-refractivity contribution in [3.05, 3.63) is 64.1 Å². The molecule has 0 radical (unpaired) electrons. The lowest BCUT2D eigenvalue weighted by Crippen LogP contribution is -2.17. The van der Waals surface area contributed by atoms with E-state index in [-0.39, 0.29) is 6.10 Å². The maximum atomic E-state index is 6.09. The highest BCUT2D eigenvalue weighted by molar-refractivity contribution is 9.10. The maximum absolute atomic E-state index is 6.09. The molecule has 2 aromatic carbocycles. The van der Waals surface area contributed by atoms with Crippen molar-refractivity contribution < 1.29 is 4.74 Å². The van der Waals surface area contributed by atoms with Gasteiger partial charge in [-0.05, 0) is 58.5 Å². The van der Waals surface area contributed by atoms with Gasteiger partial charge in [-0.25, -0.2) is 0 Å². The minimum Gasteiger partial charge on any atom is -0.382 e. The number of nitrogens with one attached hydrogen (secondary N) is 1. The summed E-state index contributed by atoms with van der Waals surface area (Å²) in [6.07, 6.45) is 3.80. The standard InChI is InChI=1S/C18H20BrNO/c19-16-9-3-4-10-17(16)20-12-13-21-18-11-5-7-14-6-1-2-8-15(14)18/h1-4,6,8-10,18,20H,5,7,11-13H2. The number of halogens is 1. The summed E-state index contributed by atoms with van der Waals surface area (Å²) in [6.45, 7) is 1.54. The predicted octanol–water partition coefficient (Wildman–Crippen LogP) is 4.96. The number of hydrogen-bond donors (Lipinski definition) is 1. The monoisotopic (exact) mass is 345 g/mol. The van der Waals surface area contributed by atoms with E-state index < -0.39 is 0 Å². The molecule has 0 amide bonds. The Balaban J connectivity index is 1.52. The van der Waals surface area contributed by atoms with E-state index >= 15 is 0 Å². The lowest BCUT2D eigenvalue weighted by atomic mass is 9.89. The maximum Gasteiger partial charge on any atom is 0.0828 e. The molecule has 110 valence electrons. The molecule has 3 rings (SSSR count). The van der Waals surface area contributed by atoms with Crippen LogP contribution in [0.5, 0.6) is 0 Å². The largest absolute Gasteiger partial charge is 0.382 e. The molecule has 0 aliphatic heterocycles. The summed E-state index contributed by atoms with van der Waals surface area (Å²) in [4.78, 5) is 0. The molecule has 0 aromatic heterocycles. The van der Waals surface area contributed by atoms with Gasteiger partial charge in [0.25, 0.3) is 0 Å². The molecule has 0 saturated heterocycles. The molecule has 1 atom stereocenters. The van der Waals surface area contributed by atoms with Crippen molar-refractivity contribution in [3.63, 3.8) is 0 Å². The van der Waals surface area contributed by atoms with E-state index in [0.717, 1.165) is 29.7 Å². The number of fused-ring (bicyclic) bond motifs is 1. The molecule has 21 heavy (non-hydrogen) atoms. The summed E-state index contributed by atoms with van der Waals surface area (Å²) < 4.78 is 7.18. The number of aryl methyl sites for hydroxylation is 1. The van der Waals surface area contributed by atoms with Gasteiger partial charge >= 0.3 is 0 Å². The van der Waals surface area contributed by atoms with E-state index in [2.05, 4.69) is 51.6 Å². The number of rotatable bonds is 5. The van der Waals surface area contributed by atoms with Crippen molar-refractivity contribution >= 4 is 21.6 Å².